The lowest BCUT2D eigenvalue weighted by atomic mass is 10.2. The Morgan fingerprint density at radius 1 is 1.16 bits per heavy atom. The number of nitrogens with one attached hydrogen (secondary N) is 1. The first-order valence-corrected chi connectivity index (χ1v) is 11.6. The van der Waals surface area contributed by atoms with Gasteiger partial charge >= 0.3 is 0 Å². The highest BCUT2D eigenvalue weighted by atomic mass is 32.2. The van der Waals surface area contributed by atoms with Gasteiger partial charge in [-0.2, -0.15) is 0 Å². The van der Waals surface area contributed by atoms with Gasteiger partial charge < -0.3 is 25.0 Å². The zero-order valence-corrected chi connectivity index (χ0v) is 18.5. The van der Waals surface area contributed by atoms with E-state index in [1.54, 1.807) is 36.7 Å². The second kappa shape index (κ2) is 9.05. The Bertz CT molecular complexity index is 1220. The molecule has 0 atom stereocenters. The second-order valence-electron chi connectivity index (χ2n) is 7.43. The number of anilines is 2. The van der Waals surface area contributed by atoms with Crippen molar-refractivity contribution in [2.75, 3.05) is 56.2 Å². The summed E-state index contributed by atoms with van der Waals surface area (Å²) in [5, 5.41) is 10.2. The van der Waals surface area contributed by atoms with Gasteiger partial charge in [-0.05, 0) is 24.3 Å². The quantitative estimate of drug-likeness (QED) is 0.558. The number of carbonyl (C=O) groups is 1. The van der Waals surface area contributed by atoms with Gasteiger partial charge in [0.25, 0.3) is 16.5 Å². The molecule has 11 heteroatoms. The van der Waals surface area contributed by atoms with E-state index in [0.717, 1.165) is 44.1 Å². The molecule has 2 aliphatic rings. The molecule has 0 unspecified atom stereocenters. The molecule has 0 saturated carbocycles. The van der Waals surface area contributed by atoms with Crippen molar-refractivity contribution < 1.29 is 23.1 Å². The third-order valence-corrected chi connectivity index (χ3v) is 7.22. The molecule has 2 N–H and O–H groups in total. The summed E-state index contributed by atoms with van der Waals surface area (Å²) in [5.41, 5.74) is 3.03. The van der Waals surface area contributed by atoms with E-state index in [0.29, 0.717) is 23.4 Å². The molecule has 0 amide bonds. The van der Waals surface area contributed by atoms with Crippen molar-refractivity contribution in [1.29, 1.82) is 0 Å². The molecule has 0 radical (unpaired) electrons. The Kier molecular flexibility index (Phi) is 6.19. The number of aromatic nitrogens is 2. The molecule has 170 valence electrons. The Morgan fingerprint density at radius 3 is 2.66 bits per heavy atom. The predicted octanol–water partition coefficient (Wildman–Crippen LogP) is 1.21. The highest BCUT2D eigenvalue weighted by molar-refractivity contribution is 7.90. The van der Waals surface area contributed by atoms with Crippen LogP contribution in [0.2, 0.25) is 0 Å². The molecular weight excluding hydrogens is 434 g/mol. The number of pyridine rings is 1. The average Bonchev–Trinajstić information content (AvgIpc) is 3.21. The lowest BCUT2D eigenvalue weighted by Crippen LogP contribution is -2.43. The maximum Gasteiger partial charge on any atom is 0.290 e. The minimum Gasteiger partial charge on any atom is -0.490 e. The summed E-state index contributed by atoms with van der Waals surface area (Å²) in [6, 6.07) is 8.64. The third-order valence-electron chi connectivity index (χ3n) is 5.55. The van der Waals surface area contributed by atoms with Crippen LogP contribution in [-0.4, -0.2) is 75.3 Å². The van der Waals surface area contributed by atoms with Crippen molar-refractivity contribution in [2.45, 2.75) is 4.90 Å². The summed E-state index contributed by atoms with van der Waals surface area (Å²) in [7, 11) is -1.83. The summed E-state index contributed by atoms with van der Waals surface area (Å²) in [6.45, 7) is 4.42. The predicted molar refractivity (Wildman–Crippen MR) is 121 cm³/mol. The van der Waals surface area contributed by atoms with Gasteiger partial charge in [-0.25, -0.2) is 12.4 Å². The van der Waals surface area contributed by atoms with Crippen LogP contribution in [0.1, 0.15) is 0 Å². The number of rotatable bonds is 3. The standard InChI is InChI=1S/C20H23N5O3S.CH2O2/c1-23-11-12-28-19-13-15(4-5-16(19)23)29(26,27)25-14-18(24-9-7-21-8-10-24)20-17(25)3-2-6-22-20;2-1-3/h2-6,13-14,21H,7-12H2,1H3;1H,(H,2,3). The van der Waals surface area contributed by atoms with E-state index in [-0.39, 0.29) is 11.4 Å². The second-order valence-corrected chi connectivity index (χ2v) is 9.24. The number of hydrogen-bond acceptors (Lipinski definition) is 8. The van der Waals surface area contributed by atoms with Crippen LogP contribution in [0.15, 0.2) is 47.6 Å². The number of piperazine rings is 1. The fourth-order valence-corrected chi connectivity index (χ4v) is 5.33. The molecule has 2 aromatic heterocycles. The van der Waals surface area contributed by atoms with Crippen LogP contribution < -0.4 is 19.9 Å². The van der Waals surface area contributed by atoms with E-state index in [2.05, 4.69) is 20.1 Å². The number of benzene rings is 1. The van der Waals surface area contributed by atoms with Crippen molar-refractivity contribution in [3.05, 3.63) is 42.7 Å². The normalized spacial score (nSPS) is 16.0. The zero-order valence-electron chi connectivity index (χ0n) is 17.6. The average molecular weight is 460 g/mol. The first kappa shape index (κ1) is 21.9. The minimum absolute atomic E-state index is 0.208. The van der Waals surface area contributed by atoms with E-state index in [1.165, 1.54) is 3.97 Å². The molecule has 32 heavy (non-hydrogen) atoms. The van der Waals surface area contributed by atoms with Gasteiger partial charge in [0.1, 0.15) is 17.9 Å². The third kappa shape index (κ3) is 3.96. The van der Waals surface area contributed by atoms with E-state index in [9.17, 15) is 8.42 Å². The Hall–Kier alpha value is -3.31. The number of hydrogen-bond donors (Lipinski definition) is 2. The van der Waals surface area contributed by atoms with Crippen LogP contribution in [0.3, 0.4) is 0 Å². The number of ether oxygens (including phenoxy) is 1. The lowest BCUT2D eigenvalue weighted by Gasteiger charge is -2.28. The molecule has 1 fully saturated rings. The Balaban J connectivity index is 0.000000775. The van der Waals surface area contributed by atoms with Gasteiger partial charge in [-0.1, -0.05) is 0 Å². The van der Waals surface area contributed by atoms with Crippen molar-refractivity contribution in [3.63, 3.8) is 0 Å². The summed E-state index contributed by atoms with van der Waals surface area (Å²) >= 11 is 0. The number of likely N-dealkylation sites (N-methyl/N-ethyl adjacent to an activating group) is 1. The van der Waals surface area contributed by atoms with Crippen molar-refractivity contribution in [2.24, 2.45) is 0 Å². The van der Waals surface area contributed by atoms with Gasteiger partial charge in [0.2, 0.25) is 0 Å². The molecule has 4 heterocycles. The minimum atomic E-state index is -3.80. The monoisotopic (exact) mass is 459 g/mol. The van der Waals surface area contributed by atoms with Crippen LogP contribution >= 0.6 is 0 Å². The van der Waals surface area contributed by atoms with Crippen LogP contribution in [0.25, 0.3) is 11.0 Å². The van der Waals surface area contributed by atoms with Crippen LogP contribution in [0, 0.1) is 0 Å². The number of fused-ring (bicyclic) bond motifs is 2. The van der Waals surface area contributed by atoms with Gasteiger partial charge in [-0.15, -0.1) is 0 Å². The molecular formula is C21H25N5O5S. The zero-order chi connectivity index (χ0) is 22.7. The summed E-state index contributed by atoms with van der Waals surface area (Å²) in [5.74, 6) is 0.594. The summed E-state index contributed by atoms with van der Waals surface area (Å²) < 4.78 is 34.2. The first-order valence-electron chi connectivity index (χ1n) is 10.2. The number of carboxylic acid groups (broad SMARTS) is 1. The molecule has 0 spiro atoms. The highest BCUT2D eigenvalue weighted by Gasteiger charge is 2.26. The topological polar surface area (TPSA) is 117 Å². The smallest absolute Gasteiger partial charge is 0.290 e. The maximum absolute atomic E-state index is 13.5. The Labute approximate surface area is 186 Å². The van der Waals surface area contributed by atoms with E-state index >= 15 is 0 Å². The Morgan fingerprint density at radius 2 is 1.91 bits per heavy atom. The van der Waals surface area contributed by atoms with E-state index in [4.69, 9.17) is 14.6 Å². The van der Waals surface area contributed by atoms with Crippen molar-refractivity contribution in [3.8, 4) is 5.75 Å². The molecule has 2 aliphatic heterocycles. The van der Waals surface area contributed by atoms with Crippen LogP contribution in [0.5, 0.6) is 5.75 Å². The van der Waals surface area contributed by atoms with E-state index < -0.39 is 10.0 Å². The SMILES string of the molecule is CN1CCOc2cc(S(=O)(=O)n3cc(N4CCNCC4)c4ncccc43)ccc21.O=CO. The largest absolute Gasteiger partial charge is 0.490 e. The molecule has 1 saturated heterocycles. The molecule has 10 nitrogen and oxygen atoms in total. The fourth-order valence-electron chi connectivity index (χ4n) is 3.96. The van der Waals surface area contributed by atoms with Crippen molar-refractivity contribution in [1.82, 2.24) is 14.3 Å². The first-order chi connectivity index (χ1) is 15.5. The van der Waals surface area contributed by atoms with Crippen molar-refractivity contribution >= 4 is 38.9 Å². The van der Waals surface area contributed by atoms with E-state index in [1.807, 2.05) is 13.1 Å². The highest BCUT2D eigenvalue weighted by Crippen LogP contribution is 2.35. The van der Waals surface area contributed by atoms with Crippen LogP contribution in [-0.2, 0) is 14.8 Å². The van der Waals surface area contributed by atoms with Gasteiger partial charge in [0.05, 0.1) is 28.3 Å². The fraction of sp³-hybridized carbons (Fsp3) is 0.333. The molecule has 1 aromatic carbocycles. The molecule has 0 aliphatic carbocycles. The lowest BCUT2D eigenvalue weighted by molar-refractivity contribution is -0.122. The van der Waals surface area contributed by atoms with Gasteiger partial charge in [-0.3, -0.25) is 9.78 Å². The van der Waals surface area contributed by atoms with Gasteiger partial charge in [0, 0.05) is 51.7 Å². The summed E-state index contributed by atoms with van der Waals surface area (Å²) in [6.07, 6.45) is 3.40. The van der Waals surface area contributed by atoms with Crippen LogP contribution in [0.4, 0.5) is 11.4 Å². The molecule has 3 aromatic rings. The van der Waals surface area contributed by atoms with Gasteiger partial charge in [0.15, 0.2) is 0 Å². The summed E-state index contributed by atoms with van der Waals surface area (Å²) in [4.78, 5) is 17.3. The number of nitrogens with zero attached hydrogens (tertiary/aromatic N) is 4. The maximum atomic E-state index is 13.5. The molecule has 5 rings (SSSR count). The molecule has 0 bridgehead atoms.